The molecule has 2 aromatic heterocycles. The van der Waals surface area contributed by atoms with Crippen LogP contribution >= 0.6 is 0 Å². The number of carbonyl (C=O) groups is 1. The van der Waals surface area contributed by atoms with Crippen LogP contribution in [0.3, 0.4) is 0 Å². The molecule has 0 spiro atoms. The van der Waals surface area contributed by atoms with E-state index < -0.39 is 0 Å². The van der Waals surface area contributed by atoms with Gasteiger partial charge in [-0.2, -0.15) is 0 Å². The third-order valence-electron chi connectivity index (χ3n) is 4.70. The van der Waals surface area contributed by atoms with Crippen molar-refractivity contribution in [3.8, 4) is 0 Å². The number of fused-ring (bicyclic) bond motifs is 2. The molecule has 0 saturated carbocycles. The first kappa shape index (κ1) is 16.3. The molecular weight excluding hydrogens is 324 g/mol. The van der Waals surface area contributed by atoms with Gasteiger partial charge in [0.05, 0.1) is 17.4 Å². The van der Waals surface area contributed by atoms with Crippen molar-refractivity contribution in [2.24, 2.45) is 0 Å². The Morgan fingerprint density at radius 1 is 1.12 bits per heavy atom. The van der Waals surface area contributed by atoms with Gasteiger partial charge in [-0.3, -0.25) is 9.78 Å². The monoisotopic (exact) mass is 344 g/mol. The van der Waals surface area contributed by atoms with E-state index in [0.29, 0.717) is 19.5 Å². The SMILES string of the molecule is CN(Cc1cccc2cnccc12)C(=O)CCn1cnc2ccccc21. The van der Waals surface area contributed by atoms with Crippen molar-refractivity contribution in [1.29, 1.82) is 0 Å². The predicted molar refractivity (Wildman–Crippen MR) is 103 cm³/mol. The van der Waals surface area contributed by atoms with Gasteiger partial charge in [0.1, 0.15) is 0 Å². The van der Waals surface area contributed by atoms with Crippen LogP contribution in [0.1, 0.15) is 12.0 Å². The number of hydrogen-bond donors (Lipinski definition) is 0. The molecule has 4 rings (SSSR count). The minimum atomic E-state index is 0.119. The highest BCUT2D eigenvalue weighted by molar-refractivity contribution is 5.85. The summed E-state index contributed by atoms with van der Waals surface area (Å²) < 4.78 is 2.03. The van der Waals surface area contributed by atoms with Crippen molar-refractivity contribution in [3.05, 3.63) is 72.8 Å². The lowest BCUT2D eigenvalue weighted by atomic mass is 10.1. The third-order valence-corrected chi connectivity index (χ3v) is 4.70. The van der Waals surface area contributed by atoms with E-state index in [4.69, 9.17) is 0 Å². The van der Waals surface area contributed by atoms with Gasteiger partial charge in [-0.25, -0.2) is 4.98 Å². The summed E-state index contributed by atoms with van der Waals surface area (Å²) in [5.74, 6) is 0.119. The number of aryl methyl sites for hydroxylation is 1. The molecule has 0 radical (unpaired) electrons. The van der Waals surface area contributed by atoms with Crippen LogP contribution in [0.25, 0.3) is 21.8 Å². The van der Waals surface area contributed by atoms with E-state index in [2.05, 4.69) is 16.0 Å². The van der Waals surface area contributed by atoms with Crippen molar-refractivity contribution in [1.82, 2.24) is 19.4 Å². The minimum absolute atomic E-state index is 0.119. The van der Waals surface area contributed by atoms with Crippen molar-refractivity contribution < 1.29 is 4.79 Å². The second-order valence-electron chi connectivity index (χ2n) is 6.44. The number of imidazole rings is 1. The topological polar surface area (TPSA) is 51.0 Å². The Kier molecular flexibility index (Phi) is 4.35. The van der Waals surface area contributed by atoms with Crippen LogP contribution in [0, 0.1) is 0 Å². The Morgan fingerprint density at radius 3 is 2.92 bits per heavy atom. The molecule has 0 aliphatic heterocycles. The summed E-state index contributed by atoms with van der Waals surface area (Å²) >= 11 is 0. The Balaban J connectivity index is 1.44. The number of hydrogen-bond acceptors (Lipinski definition) is 3. The number of rotatable bonds is 5. The van der Waals surface area contributed by atoms with Gasteiger partial charge >= 0.3 is 0 Å². The number of amides is 1. The minimum Gasteiger partial charge on any atom is -0.341 e. The molecule has 130 valence electrons. The lowest BCUT2D eigenvalue weighted by Crippen LogP contribution is -2.27. The second-order valence-corrected chi connectivity index (χ2v) is 6.44. The lowest BCUT2D eigenvalue weighted by molar-refractivity contribution is -0.130. The highest BCUT2D eigenvalue weighted by Crippen LogP contribution is 2.19. The first-order valence-corrected chi connectivity index (χ1v) is 8.68. The molecule has 2 aromatic carbocycles. The molecule has 0 atom stereocenters. The molecule has 1 amide bonds. The second kappa shape index (κ2) is 6.96. The summed E-state index contributed by atoms with van der Waals surface area (Å²) in [5, 5.41) is 2.23. The van der Waals surface area contributed by atoms with Crippen molar-refractivity contribution >= 4 is 27.7 Å². The number of aromatic nitrogens is 3. The van der Waals surface area contributed by atoms with Crippen LogP contribution < -0.4 is 0 Å². The van der Waals surface area contributed by atoms with E-state index in [1.165, 1.54) is 0 Å². The molecular formula is C21H20N4O. The highest BCUT2D eigenvalue weighted by Gasteiger charge is 2.12. The van der Waals surface area contributed by atoms with Crippen LogP contribution in [0.15, 0.2) is 67.3 Å². The molecule has 0 N–H and O–H groups in total. The zero-order valence-electron chi connectivity index (χ0n) is 14.7. The highest BCUT2D eigenvalue weighted by atomic mass is 16.2. The lowest BCUT2D eigenvalue weighted by Gasteiger charge is -2.18. The summed E-state index contributed by atoms with van der Waals surface area (Å²) in [6.07, 6.45) is 5.89. The number of pyridine rings is 1. The molecule has 4 aromatic rings. The van der Waals surface area contributed by atoms with Crippen molar-refractivity contribution in [2.75, 3.05) is 7.05 Å². The summed E-state index contributed by atoms with van der Waals surface area (Å²) in [7, 11) is 1.86. The maximum atomic E-state index is 12.6. The molecule has 2 heterocycles. The summed E-state index contributed by atoms with van der Waals surface area (Å²) in [6.45, 7) is 1.22. The molecule has 0 saturated heterocycles. The summed E-state index contributed by atoms with van der Waals surface area (Å²) in [5.41, 5.74) is 3.15. The van der Waals surface area contributed by atoms with Crippen LogP contribution in [-0.4, -0.2) is 32.4 Å². The Bertz CT molecular complexity index is 1060. The molecule has 0 aliphatic rings. The molecule has 26 heavy (non-hydrogen) atoms. The normalized spacial score (nSPS) is 11.1. The molecule has 0 aliphatic carbocycles. The average molecular weight is 344 g/mol. The Morgan fingerprint density at radius 2 is 2.00 bits per heavy atom. The Labute approximate surface area is 151 Å². The summed E-state index contributed by atoms with van der Waals surface area (Å²) in [4.78, 5) is 22.9. The van der Waals surface area contributed by atoms with Gasteiger partial charge in [0.25, 0.3) is 0 Å². The number of para-hydroxylation sites is 2. The fourth-order valence-corrected chi connectivity index (χ4v) is 3.27. The number of benzene rings is 2. The predicted octanol–water partition coefficient (Wildman–Crippen LogP) is 3.63. The first-order valence-electron chi connectivity index (χ1n) is 8.68. The smallest absolute Gasteiger partial charge is 0.224 e. The van der Waals surface area contributed by atoms with Gasteiger partial charge in [-0.05, 0) is 29.1 Å². The molecule has 5 heteroatoms. The zero-order valence-corrected chi connectivity index (χ0v) is 14.7. The standard InChI is InChI=1S/C21H20N4O/c1-24(14-17-6-4-5-16-13-22-11-9-18(16)17)21(26)10-12-25-15-23-19-7-2-3-8-20(19)25/h2-9,11,13,15H,10,12,14H2,1H3. The van der Waals surface area contributed by atoms with Gasteiger partial charge < -0.3 is 9.47 Å². The van der Waals surface area contributed by atoms with Crippen molar-refractivity contribution in [2.45, 2.75) is 19.5 Å². The van der Waals surface area contributed by atoms with Crippen molar-refractivity contribution in [3.63, 3.8) is 0 Å². The quantitative estimate of drug-likeness (QED) is 0.555. The van der Waals surface area contributed by atoms with E-state index in [9.17, 15) is 4.79 Å². The van der Waals surface area contributed by atoms with Gasteiger partial charge in [-0.15, -0.1) is 0 Å². The van der Waals surface area contributed by atoms with Gasteiger partial charge in [0.15, 0.2) is 0 Å². The number of nitrogens with zero attached hydrogens (tertiary/aromatic N) is 4. The van der Waals surface area contributed by atoms with E-state index in [1.807, 2.05) is 60.3 Å². The van der Waals surface area contributed by atoms with Crippen LogP contribution in [0.5, 0.6) is 0 Å². The van der Waals surface area contributed by atoms with Gasteiger partial charge in [0.2, 0.25) is 5.91 Å². The van der Waals surface area contributed by atoms with Crippen LogP contribution in [0.4, 0.5) is 0 Å². The van der Waals surface area contributed by atoms with Gasteiger partial charge in [0, 0.05) is 44.3 Å². The van der Waals surface area contributed by atoms with E-state index in [1.54, 1.807) is 17.4 Å². The first-order chi connectivity index (χ1) is 12.7. The maximum Gasteiger partial charge on any atom is 0.224 e. The van der Waals surface area contributed by atoms with Crippen LogP contribution in [-0.2, 0) is 17.9 Å². The molecule has 0 bridgehead atoms. The van der Waals surface area contributed by atoms with E-state index in [-0.39, 0.29) is 5.91 Å². The van der Waals surface area contributed by atoms with Gasteiger partial charge in [-0.1, -0.05) is 30.3 Å². The van der Waals surface area contributed by atoms with E-state index in [0.717, 1.165) is 27.4 Å². The average Bonchev–Trinajstić information content (AvgIpc) is 3.09. The largest absolute Gasteiger partial charge is 0.341 e. The maximum absolute atomic E-state index is 12.6. The fraction of sp³-hybridized carbons (Fsp3) is 0.190. The Hall–Kier alpha value is -3.21. The van der Waals surface area contributed by atoms with E-state index >= 15 is 0 Å². The third kappa shape index (κ3) is 3.16. The zero-order chi connectivity index (χ0) is 17.9. The number of carbonyl (C=O) groups excluding carboxylic acids is 1. The fourth-order valence-electron chi connectivity index (χ4n) is 3.27. The summed E-state index contributed by atoms with van der Waals surface area (Å²) in [6, 6.07) is 16.1. The molecule has 0 fully saturated rings. The molecule has 5 nitrogen and oxygen atoms in total. The molecule has 0 unspecified atom stereocenters. The van der Waals surface area contributed by atoms with Crippen LogP contribution in [0.2, 0.25) is 0 Å².